The van der Waals surface area contributed by atoms with Gasteiger partial charge in [0.1, 0.15) is 0 Å². The largest absolute Gasteiger partial charge is 0.339 e. The third-order valence-electron chi connectivity index (χ3n) is 4.75. The molecule has 3 nitrogen and oxygen atoms in total. The molecule has 1 spiro atoms. The molecule has 2 fully saturated rings. The monoisotopic (exact) mass is 262 g/mol. The first kappa shape index (κ1) is 12.6. The Labute approximate surface area is 112 Å². The molecule has 2 heterocycles. The summed E-state index contributed by atoms with van der Waals surface area (Å²) in [7, 11) is 0. The number of piperidine rings is 1. The highest BCUT2D eigenvalue weighted by molar-refractivity contribution is 5.93. The molecule has 0 aromatic carbocycles. The van der Waals surface area contributed by atoms with Crippen molar-refractivity contribution in [3.63, 3.8) is 0 Å². The average Bonchev–Trinajstić information content (AvgIpc) is 2.88. The molecule has 3 rings (SSSR count). The number of carbonyl (C=O) groups excluding carboxylic acids is 1. The van der Waals surface area contributed by atoms with Gasteiger partial charge < -0.3 is 4.90 Å². The zero-order chi connectivity index (χ0) is 13.3. The normalized spacial score (nSPS) is 21.8. The number of rotatable bonds is 1. The first-order chi connectivity index (χ1) is 9.19. The second-order valence-electron chi connectivity index (χ2n) is 5.87. The highest BCUT2D eigenvalue weighted by Crippen LogP contribution is 2.46. The summed E-state index contributed by atoms with van der Waals surface area (Å²) in [6, 6.07) is 2.76. The minimum atomic E-state index is -0.542. The Morgan fingerprint density at radius 2 is 1.84 bits per heavy atom. The quantitative estimate of drug-likeness (QED) is 0.729. The van der Waals surface area contributed by atoms with Crippen molar-refractivity contribution in [2.75, 3.05) is 13.1 Å². The number of aromatic nitrogens is 1. The maximum absolute atomic E-state index is 12.8. The van der Waals surface area contributed by atoms with Crippen molar-refractivity contribution in [3.05, 3.63) is 29.8 Å². The van der Waals surface area contributed by atoms with Crippen LogP contribution in [-0.4, -0.2) is 28.9 Å². The first-order valence-electron chi connectivity index (χ1n) is 7.09. The summed E-state index contributed by atoms with van der Waals surface area (Å²) >= 11 is 0. The fourth-order valence-corrected chi connectivity index (χ4v) is 3.49. The van der Waals surface area contributed by atoms with Crippen LogP contribution in [0.2, 0.25) is 0 Å². The lowest BCUT2D eigenvalue weighted by molar-refractivity contribution is 0.0587. The van der Waals surface area contributed by atoms with E-state index in [9.17, 15) is 9.18 Å². The third kappa shape index (κ3) is 2.48. The van der Waals surface area contributed by atoms with Crippen LogP contribution < -0.4 is 0 Å². The molecule has 1 saturated heterocycles. The highest BCUT2D eigenvalue weighted by Gasteiger charge is 2.38. The van der Waals surface area contributed by atoms with Gasteiger partial charge in [0.2, 0.25) is 5.95 Å². The standard InChI is InChI=1S/C15H19FN2O/c16-13-4-3-12(11-17-13)14(19)18-9-7-15(8-10-18)5-1-2-6-15/h3-4,11H,1-2,5-10H2. The van der Waals surface area contributed by atoms with Gasteiger partial charge in [0.25, 0.3) is 5.91 Å². The van der Waals surface area contributed by atoms with Gasteiger partial charge in [-0.2, -0.15) is 4.39 Å². The molecule has 0 unspecified atom stereocenters. The van der Waals surface area contributed by atoms with Crippen LogP contribution in [0.3, 0.4) is 0 Å². The second kappa shape index (κ2) is 4.91. The summed E-state index contributed by atoms with van der Waals surface area (Å²) in [4.78, 5) is 17.7. The summed E-state index contributed by atoms with van der Waals surface area (Å²) in [6.45, 7) is 1.66. The molecular formula is C15H19FN2O. The van der Waals surface area contributed by atoms with Crippen LogP contribution in [0.1, 0.15) is 48.9 Å². The molecule has 1 amide bonds. The van der Waals surface area contributed by atoms with E-state index in [1.165, 1.54) is 44.0 Å². The number of halogens is 1. The van der Waals surface area contributed by atoms with Crippen molar-refractivity contribution in [2.24, 2.45) is 5.41 Å². The van der Waals surface area contributed by atoms with Gasteiger partial charge in [-0.1, -0.05) is 12.8 Å². The lowest BCUT2D eigenvalue weighted by Gasteiger charge is -2.39. The molecule has 1 aliphatic heterocycles. The van der Waals surface area contributed by atoms with E-state index in [4.69, 9.17) is 0 Å². The van der Waals surface area contributed by atoms with Crippen molar-refractivity contribution >= 4 is 5.91 Å². The number of likely N-dealkylation sites (tertiary alicyclic amines) is 1. The summed E-state index contributed by atoms with van der Waals surface area (Å²) in [5.41, 5.74) is 1.00. The molecule has 0 atom stereocenters. The minimum Gasteiger partial charge on any atom is -0.339 e. The van der Waals surface area contributed by atoms with Crippen molar-refractivity contribution in [1.29, 1.82) is 0 Å². The Bertz CT molecular complexity index is 456. The van der Waals surface area contributed by atoms with E-state index in [0.29, 0.717) is 11.0 Å². The summed E-state index contributed by atoms with van der Waals surface area (Å²) in [6.07, 6.45) is 8.91. The summed E-state index contributed by atoms with van der Waals surface area (Å²) < 4.78 is 12.8. The van der Waals surface area contributed by atoms with Gasteiger partial charge in [-0.3, -0.25) is 4.79 Å². The molecule has 19 heavy (non-hydrogen) atoms. The smallest absolute Gasteiger partial charge is 0.255 e. The molecule has 0 bridgehead atoms. The van der Waals surface area contributed by atoms with Crippen LogP contribution in [0.15, 0.2) is 18.3 Å². The molecule has 1 aromatic heterocycles. The molecule has 1 aromatic rings. The Balaban J connectivity index is 1.64. The van der Waals surface area contributed by atoms with Gasteiger partial charge >= 0.3 is 0 Å². The number of hydrogen-bond donors (Lipinski definition) is 0. The molecule has 4 heteroatoms. The molecule has 0 radical (unpaired) electrons. The van der Waals surface area contributed by atoms with Crippen molar-refractivity contribution < 1.29 is 9.18 Å². The Morgan fingerprint density at radius 3 is 2.42 bits per heavy atom. The Morgan fingerprint density at radius 1 is 1.16 bits per heavy atom. The number of hydrogen-bond acceptors (Lipinski definition) is 2. The predicted molar refractivity (Wildman–Crippen MR) is 70.2 cm³/mol. The fourth-order valence-electron chi connectivity index (χ4n) is 3.49. The van der Waals surface area contributed by atoms with Gasteiger partial charge in [-0.15, -0.1) is 0 Å². The number of carbonyl (C=O) groups is 1. The van der Waals surface area contributed by atoms with Crippen molar-refractivity contribution in [1.82, 2.24) is 9.88 Å². The third-order valence-corrected chi connectivity index (χ3v) is 4.75. The van der Waals surface area contributed by atoms with Crippen LogP contribution in [-0.2, 0) is 0 Å². The Kier molecular flexibility index (Phi) is 3.25. The minimum absolute atomic E-state index is 0.0136. The number of pyridine rings is 1. The average molecular weight is 262 g/mol. The zero-order valence-corrected chi connectivity index (χ0v) is 11.1. The van der Waals surface area contributed by atoms with Crippen molar-refractivity contribution in [3.8, 4) is 0 Å². The van der Waals surface area contributed by atoms with E-state index in [0.717, 1.165) is 25.9 Å². The molecule has 0 N–H and O–H groups in total. The van der Waals surface area contributed by atoms with Gasteiger partial charge in [0.05, 0.1) is 5.56 Å². The van der Waals surface area contributed by atoms with Gasteiger partial charge in [-0.05, 0) is 43.2 Å². The molecule has 1 aliphatic carbocycles. The molecule has 102 valence electrons. The van der Waals surface area contributed by atoms with E-state index >= 15 is 0 Å². The maximum atomic E-state index is 12.8. The Hall–Kier alpha value is -1.45. The van der Waals surface area contributed by atoms with E-state index < -0.39 is 5.95 Å². The van der Waals surface area contributed by atoms with Crippen LogP contribution >= 0.6 is 0 Å². The predicted octanol–water partition coefficient (Wildman–Crippen LogP) is 3.02. The summed E-state index contributed by atoms with van der Waals surface area (Å²) in [5.74, 6) is -0.555. The topological polar surface area (TPSA) is 33.2 Å². The SMILES string of the molecule is O=C(c1ccc(F)nc1)N1CCC2(CCCC2)CC1. The van der Waals surface area contributed by atoms with Gasteiger partial charge in [-0.25, -0.2) is 4.98 Å². The highest BCUT2D eigenvalue weighted by atomic mass is 19.1. The number of amides is 1. The number of nitrogens with zero attached hydrogens (tertiary/aromatic N) is 2. The van der Waals surface area contributed by atoms with Crippen LogP contribution in [0.25, 0.3) is 0 Å². The van der Waals surface area contributed by atoms with Gasteiger partial charge in [0.15, 0.2) is 0 Å². The fraction of sp³-hybridized carbons (Fsp3) is 0.600. The molecular weight excluding hydrogens is 243 g/mol. The molecule has 2 aliphatic rings. The van der Waals surface area contributed by atoms with E-state index in [-0.39, 0.29) is 5.91 Å². The first-order valence-corrected chi connectivity index (χ1v) is 7.09. The lowest BCUT2D eigenvalue weighted by atomic mass is 9.77. The van der Waals surface area contributed by atoms with E-state index in [1.807, 2.05) is 4.90 Å². The maximum Gasteiger partial charge on any atom is 0.255 e. The van der Waals surface area contributed by atoms with E-state index in [2.05, 4.69) is 4.98 Å². The van der Waals surface area contributed by atoms with Crippen LogP contribution in [0.4, 0.5) is 4.39 Å². The van der Waals surface area contributed by atoms with Crippen molar-refractivity contribution in [2.45, 2.75) is 38.5 Å². The van der Waals surface area contributed by atoms with Crippen LogP contribution in [0, 0.1) is 11.4 Å². The van der Waals surface area contributed by atoms with Crippen LogP contribution in [0.5, 0.6) is 0 Å². The van der Waals surface area contributed by atoms with E-state index in [1.54, 1.807) is 0 Å². The van der Waals surface area contributed by atoms with Gasteiger partial charge in [0, 0.05) is 19.3 Å². The molecule has 1 saturated carbocycles. The summed E-state index contributed by atoms with van der Waals surface area (Å²) in [5, 5.41) is 0. The zero-order valence-electron chi connectivity index (χ0n) is 11.1. The lowest BCUT2D eigenvalue weighted by Crippen LogP contribution is -2.42. The second-order valence-corrected chi connectivity index (χ2v) is 5.87.